The zero-order valence-corrected chi connectivity index (χ0v) is 13.8. The molecule has 0 aromatic heterocycles. The Hall–Kier alpha value is -2.59. The van der Waals surface area contributed by atoms with E-state index < -0.39 is 34.5 Å². The van der Waals surface area contributed by atoms with Crippen LogP contribution in [0.25, 0.3) is 0 Å². The molecule has 0 saturated carbocycles. The highest BCUT2D eigenvalue weighted by Crippen LogP contribution is 2.66. The number of benzene rings is 1. The molecule has 0 amide bonds. The molecular formula is C17H13ClN4O2. The van der Waals surface area contributed by atoms with E-state index in [-0.39, 0.29) is 0 Å². The van der Waals surface area contributed by atoms with Gasteiger partial charge in [-0.1, -0.05) is 30.7 Å². The van der Waals surface area contributed by atoms with E-state index in [1.54, 1.807) is 38.1 Å². The lowest BCUT2D eigenvalue weighted by molar-refractivity contribution is -0.268. The molecule has 2 aliphatic heterocycles. The predicted molar refractivity (Wildman–Crippen MR) is 83.4 cm³/mol. The number of nitriles is 3. The van der Waals surface area contributed by atoms with Gasteiger partial charge in [0.15, 0.2) is 5.41 Å². The fraction of sp³-hybridized carbons (Fsp3) is 0.412. The summed E-state index contributed by atoms with van der Waals surface area (Å²) in [4.78, 5) is 0. The van der Waals surface area contributed by atoms with Gasteiger partial charge in [-0.3, -0.25) is 5.41 Å². The summed E-state index contributed by atoms with van der Waals surface area (Å²) in [5.41, 5.74) is -3.17. The number of halogens is 1. The first kappa shape index (κ1) is 16.3. The van der Waals surface area contributed by atoms with Crippen LogP contribution in [0.15, 0.2) is 24.3 Å². The van der Waals surface area contributed by atoms with Gasteiger partial charge in [0.25, 0.3) is 0 Å². The maximum absolute atomic E-state index is 9.89. The topological polar surface area (TPSA) is 114 Å². The number of ether oxygens (including phenoxy) is 2. The standard InChI is InChI=1S/C17H13ClN4O2/c1-10-15(2)23-13(11-4-3-5-12(18)6-11)16(7-19,8-20)17(10,9-21)14(22)24-15/h3-6,10,13,22H,1-2H3. The van der Waals surface area contributed by atoms with E-state index in [1.165, 1.54) is 0 Å². The monoisotopic (exact) mass is 340 g/mol. The highest BCUT2D eigenvalue weighted by molar-refractivity contribution is 6.30. The van der Waals surface area contributed by atoms with Crippen molar-refractivity contribution in [3.05, 3.63) is 34.9 Å². The molecule has 2 bridgehead atoms. The molecule has 1 aromatic carbocycles. The van der Waals surface area contributed by atoms with Crippen LogP contribution < -0.4 is 0 Å². The maximum atomic E-state index is 9.89. The van der Waals surface area contributed by atoms with E-state index in [2.05, 4.69) is 0 Å². The zero-order valence-electron chi connectivity index (χ0n) is 13.0. The second-order valence-corrected chi connectivity index (χ2v) is 6.61. The van der Waals surface area contributed by atoms with E-state index in [4.69, 9.17) is 26.5 Å². The Morgan fingerprint density at radius 1 is 1.21 bits per heavy atom. The van der Waals surface area contributed by atoms with E-state index >= 15 is 0 Å². The Morgan fingerprint density at radius 3 is 2.42 bits per heavy atom. The first-order chi connectivity index (χ1) is 11.3. The number of rotatable bonds is 1. The second-order valence-electron chi connectivity index (χ2n) is 6.17. The third-order valence-electron chi connectivity index (χ3n) is 5.15. The van der Waals surface area contributed by atoms with E-state index in [9.17, 15) is 15.8 Å². The first-order valence-corrected chi connectivity index (χ1v) is 7.64. The molecule has 120 valence electrons. The van der Waals surface area contributed by atoms with Gasteiger partial charge in [-0.15, -0.1) is 0 Å². The van der Waals surface area contributed by atoms with Crippen molar-refractivity contribution in [3.63, 3.8) is 0 Å². The number of fused-ring (bicyclic) bond motifs is 2. The van der Waals surface area contributed by atoms with Crippen molar-refractivity contribution in [3.8, 4) is 18.2 Å². The highest BCUT2D eigenvalue weighted by Gasteiger charge is 2.78. The summed E-state index contributed by atoms with van der Waals surface area (Å²) in [6.45, 7) is 3.27. The van der Waals surface area contributed by atoms with Crippen LogP contribution in [0.5, 0.6) is 0 Å². The van der Waals surface area contributed by atoms with Crippen molar-refractivity contribution in [2.24, 2.45) is 16.7 Å². The normalized spacial score (nSPS) is 36.1. The molecule has 0 radical (unpaired) electrons. The smallest absolute Gasteiger partial charge is 0.214 e. The molecule has 2 fully saturated rings. The molecule has 0 spiro atoms. The summed E-state index contributed by atoms with van der Waals surface area (Å²) in [6, 6.07) is 12.5. The van der Waals surface area contributed by atoms with Crippen LogP contribution in [0.2, 0.25) is 5.02 Å². The summed E-state index contributed by atoms with van der Waals surface area (Å²) in [7, 11) is 0. The van der Waals surface area contributed by atoms with Gasteiger partial charge >= 0.3 is 0 Å². The van der Waals surface area contributed by atoms with Crippen molar-refractivity contribution < 1.29 is 9.47 Å². The Balaban J connectivity index is 2.34. The van der Waals surface area contributed by atoms with Crippen molar-refractivity contribution in [1.82, 2.24) is 0 Å². The van der Waals surface area contributed by atoms with Gasteiger partial charge < -0.3 is 9.47 Å². The Labute approximate surface area is 144 Å². The van der Waals surface area contributed by atoms with Gasteiger partial charge in [0.05, 0.1) is 24.1 Å². The number of hydrogen-bond donors (Lipinski definition) is 1. The number of hydrogen-bond acceptors (Lipinski definition) is 6. The molecule has 4 unspecified atom stereocenters. The molecule has 2 saturated heterocycles. The van der Waals surface area contributed by atoms with Gasteiger partial charge in [0.1, 0.15) is 6.10 Å². The summed E-state index contributed by atoms with van der Waals surface area (Å²) < 4.78 is 11.5. The van der Waals surface area contributed by atoms with E-state index in [0.717, 1.165) is 0 Å². The van der Waals surface area contributed by atoms with E-state index in [1.807, 2.05) is 18.2 Å². The minimum absolute atomic E-state index is 0.410. The largest absolute Gasteiger partial charge is 0.448 e. The minimum atomic E-state index is -1.93. The summed E-state index contributed by atoms with van der Waals surface area (Å²) in [6.07, 6.45) is -1.07. The van der Waals surface area contributed by atoms with Crippen LogP contribution in [0.4, 0.5) is 0 Å². The molecular weight excluding hydrogens is 328 g/mol. The van der Waals surface area contributed by atoms with Crippen LogP contribution in [-0.2, 0) is 9.47 Å². The summed E-state index contributed by atoms with van der Waals surface area (Å²) in [5.74, 6) is -2.36. The molecule has 2 aliphatic rings. The average Bonchev–Trinajstić information content (AvgIpc) is 2.70. The lowest BCUT2D eigenvalue weighted by atomic mass is 9.54. The number of nitrogens with one attached hydrogen (secondary N) is 1. The molecule has 2 heterocycles. The third kappa shape index (κ3) is 1.64. The molecule has 1 N–H and O–H groups in total. The number of nitrogens with zero attached hydrogens (tertiary/aromatic N) is 3. The maximum Gasteiger partial charge on any atom is 0.214 e. The van der Waals surface area contributed by atoms with Crippen LogP contribution in [0.1, 0.15) is 25.5 Å². The highest BCUT2D eigenvalue weighted by atomic mass is 35.5. The van der Waals surface area contributed by atoms with Crippen LogP contribution >= 0.6 is 11.6 Å². The SMILES string of the molecule is CC1C2(C)OC(=N)C1(C#N)C(C#N)(C#N)C(c1cccc(Cl)c1)O2. The molecule has 3 rings (SSSR count). The molecule has 24 heavy (non-hydrogen) atoms. The fourth-order valence-electron chi connectivity index (χ4n) is 3.68. The van der Waals surface area contributed by atoms with Gasteiger partial charge in [-0.2, -0.15) is 15.8 Å². The second kappa shape index (κ2) is 4.95. The molecule has 0 aliphatic carbocycles. The fourth-order valence-corrected chi connectivity index (χ4v) is 3.88. The lowest BCUT2D eigenvalue weighted by Gasteiger charge is -2.47. The predicted octanol–water partition coefficient (Wildman–Crippen LogP) is 3.31. The first-order valence-electron chi connectivity index (χ1n) is 7.26. The van der Waals surface area contributed by atoms with Crippen molar-refractivity contribution in [2.75, 3.05) is 0 Å². The molecule has 1 aromatic rings. The Bertz CT molecular complexity index is 851. The van der Waals surface area contributed by atoms with Crippen LogP contribution in [0, 0.1) is 56.2 Å². The summed E-state index contributed by atoms with van der Waals surface area (Å²) in [5, 5.41) is 38.3. The lowest BCUT2D eigenvalue weighted by Crippen LogP contribution is -2.57. The minimum Gasteiger partial charge on any atom is -0.448 e. The van der Waals surface area contributed by atoms with Crippen LogP contribution in [-0.4, -0.2) is 11.7 Å². The quantitative estimate of drug-likeness (QED) is 0.842. The van der Waals surface area contributed by atoms with Crippen LogP contribution in [0.3, 0.4) is 0 Å². The summed E-state index contributed by atoms with van der Waals surface area (Å²) >= 11 is 6.03. The average molecular weight is 341 g/mol. The third-order valence-corrected chi connectivity index (χ3v) is 5.38. The van der Waals surface area contributed by atoms with Gasteiger partial charge in [-0.25, -0.2) is 0 Å². The molecule has 6 nitrogen and oxygen atoms in total. The van der Waals surface area contributed by atoms with Crippen molar-refractivity contribution in [2.45, 2.75) is 25.7 Å². The van der Waals surface area contributed by atoms with Crippen molar-refractivity contribution >= 4 is 17.5 Å². The molecule has 7 heteroatoms. The Kier molecular flexibility index (Phi) is 3.36. The Morgan fingerprint density at radius 2 is 1.88 bits per heavy atom. The van der Waals surface area contributed by atoms with E-state index in [0.29, 0.717) is 10.6 Å². The zero-order chi connectivity index (χ0) is 17.8. The van der Waals surface area contributed by atoms with Gasteiger partial charge in [-0.05, 0) is 17.7 Å². The van der Waals surface area contributed by atoms with Crippen molar-refractivity contribution in [1.29, 1.82) is 21.2 Å². The van der Waals surface area contributed by atoms with Gasteiger partial charge in [0, 0.05) is 11.9 Å². The molecule has 4 atom stereocenters. The van der Waals surface area contributed by atoms with Gasteiger partial charge in [0.2, 0.25) is 17.1 Å².